The maximum Gasteiger partial charge on any atom is 0.350 e. The number of aryl methyl sites for hydroxylation is 1. The van der Waals surface area contributed by atoms with Gasteiger partial charge in [-0.1, -0.05) is 19.1 Å². The molecular weight excluding hydrogens is 494 g/mol. The minimum atomic E-state index is -0.180. The summed E-state index contributed by atoms with van der Waals surface area (Å²) in [5, 5.41) is 14.2. The predicted octanol–water partition coefficient (Wildman–Crippen LogP) is 2.61. The number of ether oxygens (including phenoxy) is 1. The van der Waals surface area contributed by atoms with E-state index in [9.17, 15) is 10.1 Å². The van der Waals surface area contributed by atoms with Gasteiger partial charge >= 0.3 is 5.69 Å². The molecule has 2 aliphatic heterocycles. The molecular formula is C28H29N9O2. The fraction of sp³-hybridized carbons (Fsp3) is 0.357. The Balaban J connectivity index is 1.16. The van der Waals surface area contributed by atoms with Gasteiger partial charge in [-0.15, -0.1) is 0 Å². The first-order valence-corrected chi connectivity index (χ1v) is 13.2. The van der Waals surface area contributed by atoms with Crippen molar-refractivity contribution in [2.75, 3.05) is 49.2 Å². The Hall–Kier alpha value is -4.56. The molecule has 0 bridgehead atoms. The molecule has 2 saturated heterocycles. The summed E-state index contributed by atoms with van der Waals surface area (Å²) in [4.78, 5) is 30.8. The van der Waals surface area contributed by atoms with Gasteiger partial charge in [0.1, 0.15) is 18.2 Å². The van der Waals surface area contributed by atoms with Crippen molar-refractivity contribution in [1.29, 1.82) is 5.26 Å². The van der Waals surface area contributed by atoms with Gasteiger partial charge in [0.2, 0.25) is 5.95 Å². The van der Waals surface area contributed by atoms with Gasteiger partial charge in [0.05, 0.1) is 23.9 Å². The summed E-state index contributed by atoms with van der Waals surface area (Å²) in [5.41, 5.74) is 3.96. The first kappa shape index (κ1) is 24.8. The predicted molar refractivity (Wildman–Crippen MR) is 146 cm³/mol. The van der Waals surface area contributed by atoms with E-state index in [-0.39, 0.29) is 11.7 Å². The third-order valence-electron chi connectivity index (χ3n) is 7.37. The zero-order valence-electron chi connectivity index (χ0n) is 21.8. The molecule has 0 aliphatic carbocycles. The number of anilines is 2. The molecule has 0 spiro atoms. The molecule has 0 amide bonds. The summed E-state index contributed by atoms with van der Waals surface area (Å²) < 4.78 is 8.43. The minimum absolute atomic E-state index is 0.0179. The maximum atomic E-state index is 12.9. The van der Waals surface area contributed by atoms with Crippen LogP contribution in [0.15, 0.2) is 60.0 Å². The standard InChI is InChI=1S/C28H29N9O2/c1-2-20-15-31-27(32-16-20)35-10-8-34(9-11-35)26-22(14-29)13-23(17-30-26)21-3-5-24(6-4-21)36-19-33-37(28(36)38)25-7-12-39-18-25/h3-6,13,15-17,19,25H,2,7-12,18H2,1H3/t25-/m1/s1. The van der Waals surface area contributed by atoms with Crippen molar-refractivity contribution in [2.45, 2.75) is 25.8 Å². The Morgan fingerprint density at radius 1 is 1.00 bits per heavy atom. The van der Waals surface area contributed by atoms with Gasteiger partial charge in [0, 0.05) is 56.9 Å². The normalized spacial score (nSPS) is 17.4. The molecule has 1 aromatic carbocycles. The molecule has 0 unspecified atom stereocenters. The number of hydrogen-bond donors (Lipinski definition) is 0. The third-order valence-corrected chi connectivity index (χ3v) is 7.37. The van der Waals surface area contributed by atoms with Gasteiger partial charge in [0.15, 0.2) is 0 Å². The molecule has 1 atom stereocenters. The molecule has 2 aliphatic rings. The maximum absolute atomic E-state index is 12.9. The van der Waals surface area contributed by atoms with E-state index < -0.39 is 0 Å². The third kappa shape index (κ3) is 4.86. The van der Waals surface area contributed by atoms with Crippen molar-refractivity contribution in [1.82, 2.24) is 29.3 Å². The Bertz CT molecular complexity index is 1540. The molecule has 3 aromatic heterocycles. The van der Waals surface area contributed by atoms with E-state index in [2.05, 4.69) is 42.8 Å². The monoisotopic (exact) mass is 523 g/mol. The van der Waals surface area contributed by atoms with Crippen LogP contribution >= 0.6 is 0 Å². The van der Waals surface area contributed by atoms with Crippen LogP contribution in [0, 0.1) is 11.3 Å². The average molecular weight is 524 g/mol. The van der Waals surface area contributed by atoms with Crippen LogP contribution in [-0.4, -0.2) is 68.7 Å². The minimum Gasteiger partial charge on any atom is -0.379 e. The Kier molecular flexibility index (Phi) is 6.77. The first-order chi connectivity index (χ1) is 19.1. The lowest BCUT2D eigenvalue weighted by Crippen LogP contribution is -2.47. The van der Waals surface area contributed by atoms with Crippen molar-refractivity contribution in [3.63, 3.8) is 0 Å². The van der Waals surface area contributed by atoms with Gasteiger partial charge in [0.25, 0.3) is 0 Å². The van der Waals surface area contributed by atoms with E-state index in [1.807, 2.05) is 42.7 Å². The number of rotatable bonds is 6. The van der Waals surface area contributed by atoms with E-state index in [0.29, 0.717) is 24.6 Å². The van der Waals surface area contributed by atoms with Crippen LogP contribution in [0.25, 0.3) is 16.8 Å². The van der Waals surface area contributed by atoms with Crippen LogP contribution < -0.4 is 15.5 Å². The van der Waals surface area contributed by atoms with Crippen LogP contribution in [0.3, 0.4) is 0 Å². The van der Waals surface area contributed by atoms with Crippen molar-refractivity contribution in [2.24, 2.45) is 0 Å². The van der Waals surface area contributed by atoms with Gasteiger partial charge in [-0.05, 0) is 42.2 Å². The van der Waals surface area contributed by atoms with Crippen molar-refractivity contribution < 1.29 is 4.74 Å². The lowest BCUT2D eigenvalue weighted by molar-refractivity contribution is 0.183. The second-order valence-electron chi connectivity index (χ2n) is 9.72. The summed E-state index contributed by atoms with van der Waals surface area (Å²) in [7, 11) is 0. The van der Waals surface area contributed by atoms with Gasteiger partial charge < -0.3 is 14.5 Å². The number of nitriles is 1. The lowest BCUT2D eigenvalue weighted by atomic mass is 10.0. The van der Waals surface area contributed by atoms with Crippen LogP contribution in [0.4, 0.5) is 11.8 Å². The highest BCUT2D eigenvalue weighted by Crippen LogP contribution is 2.27. The van der Waals surface area contributed by atoms with E-state index in [0.717, 1.165) is 67.3 Å². The summed E-state index contributed by atoms with van der Waals surface area (Å²) in [6, 6.07) is 11.8. The lowest BCUT2D eigenvalue weighted by Gasteiger charge is -2.35. The number of aromatic nitrogens is 6. The smallest absolute Gasteiger partial charge is 0.350 e. The summed E-state index contributed by atoms with van der Waals surface area (Å²) in [6.45, 7) is 6.21. The number of hydrogen-bond acceptors (Lipinski definition) is 9. The van der Waals surface area contributed by atoms with Gasteiger partial charge in [-0.3, -0.25) is 0 Å². The zero-order valence-corrected chi connectivity index (χ0v) is 21.8. The number of pyridine rings is 1. The van der Waals surface area contributed by atoms with Crippen LogP contribution in [0.1, 0.15) is 30.5 Å². The topological polar surface area (TPSA) is 118 Å². The fourth-order valence-electron chi connectivity index (χ4n) is 5.04. The molecule has 4 aromatic rings. The summed E-state index contributed by atoms with van der Waals surface area (Å²) in [6.07, 6.45) is 8.81. The van der Waals surface area contributed by atoms with E-state index in [4.69, 9.17) is 4.74 Å². The van der Waals surface area contributed by atoms with Gasteiger partial charge in [-0.25, -0.2) is 29.0 Å². The van der Waals surface area contributed by atoms with Crippen LogP contribution in [0.2, 0.25) is 0 Å². The second kappa shape index (κ2) is 10.7. The molecule has 198 valence electrons. The summed E-state index contributed by atoms with van der Waals surface area (Å²) >= 11 is 0. The van der Waals surface area contributed by atoms with Crippen molar-refractivity contribution >= 4 is 11.8 Å². The first-order valence-electron chi connectivity index (χ1n) is 13.2. The number of nitrogens with zero attached hydrogens (tertiary/aromatic N) is 9. The quantitative estimate of drug-likeness (QED) is 0.376. The van der Waals surface area contributed by atoms with Crippen LogP contribution in [-0.2, 0) is 11.2 Å². The molecule has 11 heteroatoms. The largest absolute Gasteiger partial charge is 0.379 e. The molecule has 11 nitrogen and oxygen atoms in total. The highest BCUT2D eigenvalue weighted by atomic mass is 16.5. The van der Waals surface area contributed by atoms with E-state index in [1.54, 1.807) is 12.5 Å². The molecule has 0 saturated carbocycles. The second-order valence-corrected chi connectivity index (χ2v) is 9.72. The van der Waals surface area contributed by atoms with Crippen LogP contribution in [0.5, 0.6) is 0 Å². The molecule has 2 fully saturated rings. The Morgan fingerprint density at radius 3 is 2.41 bits per heavy atom. The van der Waals surface area contributed by atoms with Crippen molar-refractivity contribution in [3.8, 4) is 22.9 Å². The molecule has 5 heterocycles. The molecule has 39 heavy (non-hydrogen) atoms. The number of benzene rings is 1. The van der Waals surface area contributed by atoms with E-state index >= 15 is 0 Å². The molecule has 6 rings (SSSR count). The summed E-state index contributed by atoms with van der Waals surface area (Å²) in [5.74, 6) is 1.43. The van der Waals surface area contributed by atoms with Crippen molar-refractivity contribution in [3.05, 3.63) is 76.9 Å². The molecule has 0 N–H and O–H groups in total. The fourth-order valence-corrected chi connectivity index (χ4v) is 5.04. The highest BCUT2D eigenvalue weighted by Gasteiger charge is 2.23. The molecule has 0 radical (unpaired) electrons. The average Bonchev–Trinajstić information content (AvgIpc) is 3.67. The SMILES string of the molecule is CCc1cnc(N2CCN(c3ncc(-c4ccc(-n5cnn([C@@H]6CCOC6)c5=O)cc4)cc3C#N)CC2)nc1. The zero-order chi connectivity index (χ0) is 26.8. The Labute approximate surface area is 225 Å². The Morgan fingerprint density at radius 2 is 1.74 bits per heavy atom. The van der Waals surface area contributed by atoms with Gasteiger partial charge in [-0.2, -0.15) is 10.4 Å². The van der Waals surface area contributed by atoms with E-state index in [1.165, 1.54) is 9.25 Å². The number of piperazine rings is 1. The highest BCUT2D eigenvalue weighted by molar-refractivity contribution is 5.69.